The zero-order chi connectivity index (χ0) is 17.3. The summed E-state index contributed by atoms with van der Waals surface area (Å²) in [5.41, 5.74) is 0.815. The maximum absolute atomic E-state index is 12.2. The fraction of sp³-hybridized carbons (Fsp3) is 0.467. The molecule has 1 atom stereocenters. The molecule has 8 heteroatoms. The minimum atomic E-state index is -3.81. The van der Waals surface area contributed by atoms with Crippen molar-refractivity contribution >= 4 is 22.0 Å². The Labute approximate surface area is 136 Å². The van der Waals surface area contributed by atoms with Crippen LogP contribution in [0.2, 0.25) is 0 Å². The molecule has 0 aliphatic heterocycles. The molecule has 7 nitrogen and oxygen atoms in total. The molecular weight excluding hydrogens is 322 g/mol. The third-order valence-corrected chi connectivity index (χ3v) is 4.39. The van der Waals surface area contributed by atoms with Crippen molar-refractivity contribution in [3.8, 4) is 0 Å². The van der Waals surface area contributed by atoms with Gasteiger partial charge in [-0.2, -0.15) is 8.42 Å². The zero-order valence-corrected chi connectivity index (χ0v) is 14.0. The summed E-state index contributed by atoms with van der Waals surface area (Å²) in [4.78, 5) is 23.5. The van der Waals surface area contributed by atoms with Gasteiger partial charge in [-0.25, -0.2) is 0 Å². The molecule has 1 aromatic carbocycles. The quantitative estimate of drug-likeness (QED) is 0.518. The highest BCUT2D eigenvalue weighted by Gasteiger charge is 2.26. The molecule has 0 heterocycles. The van der Waals surface area contributed by atoms with Gasteiger partial charge in [-0.1, -0.05) is 30.3 Å². The molecule has 1 N–H and O–H groups in total. The van der Waals surface area contributed by atoms with Crippen LogP contribution in [0.25, 0.3) is 0 Å². The van der Waals surface area contributed by atoms with Crippen molar-refractivity contribution in [2.24, 2.45) is 5.92 Å². The number of amides is 1. The second-order valence-corrected chi connectivity index (χ2v) is 6.58. The first kappa shape index (κ1) is 19.1. The van der Waals surface area contributed by atoms with E-state index in [9.17, 15) is 18.0 Å². The van der Waals surface area contributed by atoms with Gasteiger partial charge >= 0.3 is 5.97 Å². The molecule has 0 spiro atoms. The fourth-order valence-electron chi connectivity index (χ4n) is 1.96. The summed E-state index contributed by atoms with van der Waals surface area (Å²) >= 11 is 0. The third kappa shape index (κ3) is 7.25. The molecule has 1 amide bonds. The molecule has 0 saturated heterocycles. The molecule has 0 bridgehead atoms. The predicted octanol–water partition coefficient (Wildman–Crippen LogP) is 0.501. The lowest BCUT2D eigenvalue weighted by Gasteiger charge is -2.16. The summed E-state index contributed by atoms with van der Waals surface area (Å²) in [5, 5.41) is 2.40. The predicted molar refractivity (Wildman–Crippen MR) is 84.1 cm³/mol. The minimum Gasteiger partial charge on any atom is -0.465 e. The number of rotatable bonds is 9. The molecule has 0 fully saturated rings. The fourth-order valence-corrected chi connectivity index (χ4v) is 2.85. The molecule has 0 aliphatic rings. The van der Waals surface area contributed by atoms with Crippen molar-refractivity contribution in [2.45, 2.75) is 13.3 Å². The van der Waals surface area contributed by atoms with Crippen LogP contribution < -0.4 is 5.32 Å². The molecule has 1 aromatic rings. The largest absolute Gasteiger partial charge is 0.465 e. The van der Waals surface area contributed by atoms with Gasteiger partial charge in [0.2, 0.25) is 5.91 Å². The Balaban J connectivity index is 2.77. The van der Waals surface area contributed by atoms with Crippen LogP contribution >= 0.6 is 0 Å². The van der Waals surface area contributed by atoms with Gasteiger partial charge in [-0.05, 0) is 18.9 Å². The normalized spacial score (nSPS) is 12.4. The number of carbonyl (C=O) groups is 2. The van der Waals surface area contributed by atoms with E-state index in [1.54, 1.807) is 31.2 Å². The van der Waals surface area contributed by atoms with E-state index in [-0.39, 0.29) is 19.6 Å². The van der Waals surface area contributed by atoms with E-state index in [0.717, 1.165) is 12.7 Å². The standard InChI is InChI=1S/C15H21NO6S/c1-3-22-14(17)10-16-15(18)13(11-23(19,20)21-2)9-12-7-5-4-6-8-12/h4-8,13H,3,9-11H2,1-2H3,(H,16,18)/t13-/m1/s1. The number of benzene rings is 1. The Morgan fingerprint density at radius 1 is 1.22 bits per heavy atom. The average molecular weight is 343 g/mol. The van der Waals surface area contributed by atoms with Crippen LogP contribution in [0, 0.1) is 5.92 Å². The van der Waals surface area contributed by atoms with Gasteiger partial charge in [-0.3, -0.25) is 13.8 Å². The monoisotopic (exact) mass is 343 g/mol. The highest BCUT2D eigenvalue weighted by atomic mass is 32.2. The Bertz CT molecular complexity index is 614. The van der Waals surface area contributed by atoms with Crippen LogP contribution in [0.5, 0.6) is 0 Å². The number of nitrogens with one attached hydrogen (secondary N) is 1. The molecule has 0 saturated carbocycles. The van der Waals surface area contributed by atoms with Crippen molar-refractivity contribution in [1.82, 2.24) is 5.32 Å². The van der Waals surface area contributed by atoms with Gasteiger partial charge in [0.25, 0.3) is 10.1 Å². The maximum Gasteiger partial charge on any atom is 0.325 e. The molecule has 23 heavy (non-hydrogen) atoms. The first-order valence-corrected chi connectivity index (χ1v) is 8.71. The number of carbonyl (C=O) groups excluding carboxylic acids is 2. The van der Waals surface area contributed by atoms with E-state index in [4.69, 9.17) is 4.74 Å². The van der Waals surface area contributed by atoms with Gasteiger partial charge in [0, 0.05) is 0 Å². The Hall–Kier alpha value is -1.93. The van der Waals surface area contributed by atoms with Gasteiger partial charge in [0.15, 0.2) is 0 Å². The molecule has 0 radical (unpaired) electrons. The first-order valence-electron chi connectivity index (χ1n) is 7.13. The van der Waals surface area contributed by atoms with Crippen LogP contribution in [0.4, 0.5) is 0 Å². The average Bonchev–Trinajstić information content (AvgIpc) is 2.53. The lowest BCUT2D eigenvalue weighted by atomic mass is 10.0. The van der Waals surface area contributed by atoms with Crippen LogP contribution in [-0.2, 0) is 35.0 Å². The molecule has 0 aliphatic carbocycles. The number of ether oxygens (including phenoxy) is 1. The van der Waals surface area contributed by atoms with Crippen molar-refractivity contribution < 1.29 is 26.9 Å². The van der Waals surface area contributed by atoms with Crippen molar-refractivity contribution in [2.75, 3.05) is 26.0 Å². The Morgan fingerprint density at radius 3 is 2.43 bits per heavy atom. The van der Waals surface area contributed by atoms with Crippen LogP contribution in [0.1, 0.15) is 12.5 Å². The van der Waals surface area contributed by atoms with E-state index in [2.05, 4.69) is 9.50 Å². The highest BCUT2D eigenvalue weighted by Crippen LogP contribution is 2.12. The Morgan fingerprint density at radius 2 is 1.87 bits per heavy atom. The van der Waals surface area contributed by atoms with Crippen molar-refractivity contribution in [3.05, 3.63) is 35.9 Å². The summed E-state index contributed by atoms with van der Waals surface area (Å²) in [6, 6.07) is 9.02. The SMILES string of the molecule is CCOC(=O)CNC(=O)[C@H](Cc1ccccc1)CS(=O)(=O)OC. The number of hydrogen-bond acceptors (Lipinski definition) is 6. The maximum atomic E-state index is 12.2. The summed E-state index contributed by atoms with van der Waals surface area (Å²) < 4.78 is 32.4. The molecule has 0 unspecified atom stereocenters. The minimum absolute atomic E-state index is 0.209. The van der Waals surface area contributed by atoms with E-state index < -0.39 is 33.7 Å². The summed E-state index contributed by atoms with van der Waals surface area (Å²) in [6.45, 7) is 1.56. The lowest BCUT2D eigenvalue weighted by molar-refractivity contribution is -0.143. The van der Waals surface area contributed by atoms with Gasteiger partial charge in [-0.15, -0.1) is 0 Å². The summed E-state index contributed by atoms with van der Waals surface area (Å²) in [7, 11) is -2.76. The zero-order valence-electron chi connectivity index (χ0n) is 13.2. The van der Waals surface area contributed by atoms with Crippen LogP contribution in [0.3, 0.4) is 0 Å². The Kier molecular flexibility index (Phi) is 7.70. The van der Waals surface area contributed by atoms with Gasteiger partial charge in [0.1, 0.15) is 6.54 Å². The summed E-state index contributed by atoms with van der Waals surface area (Å²) in [5.74, 6) is -2.44. The molecule has 1 rings (SSSR count). The van der Waals surface area contributed by atoms with Crippen LogP contribution in [0.15, 0.2) is 30.3 Å². The highest BCUT2D eigenvalue weighted by molar-refractivity contribution is 7.86. The van der Waals surface area contributed by atoms with E-state index in [1.165, 1.54) is 0 Å². The number of esters is 1. The van der Waals surface area contributed by atoms with Crippen LogP contribution in [-0.4, -0.2) is 46.3 Å². The van der Waals surface area contributed by atoms with E-state index in [0.29, 0.717) is 0 Å². The third-order valence-electron chi connectivity index (χ3n) is 3.07. The number of hydrogen-bond donors (Lipinski definition) is 1. The lowest BCUT2D eigenvalue weighted by Crippen LogP contribution is -2.39. The molecular formula is C15H21NO6S. The second kappa shape index (κ2) is 9.26. The topological polar surface area (TPSA) is 98.8 Å². The smallest absolute Gasteiger partial charge is 0.325 e. The summed E-state index contributed by atoms with van der Waals surface area (Å²) in [6.07, 6.45) is 0.220. The van der Waals surface area contributed by atoms with Gasteiger partial charge < -0.3 is 10.1 Å². The second-order valence-electron chi connectivity index (χ2n) is 4.80. The van der Waals surface area contributed by atoms with Crippen molar-refractivity contribution in [3.63, 3.8) is 0 Å². The first-order chi connectivity index (χ1) is 10.9. The molecule has 128 valence electrons. The van der Waals surface area contributed by atoms with E-state index >= 15 is 0 Å². The van der Waals surface area contributed by atoms with Gasteiger partial charge in [0.05, 0.1) is 25.4 Å². The van der Waals surface area contributed by atoms with E-state index in [1.807, 2.05) is 6.07 Å². The molecule has 0 aromatic heterocycles. The van der Waals surface area contributed by atoms with Crippen molar-refractivity contribution in [1.29, 1.82) is 0 Å².